The molecule has 1 aliphatic heterocycles. The quantitative estimate of drug-likeness (QED) is 0.721. The number of fused-ring (bicyclic) bond motifs is 1. The predicted octanol–water partition coefficient (Wildman–Crippen LogP) is 3.25. The molecule has 1 aliphatic carbocycles. The topological polar surface area (TPSA) is 86.2 Å². The maximum atomic E-state index is 8.58. The number of nitrogens with two attached hydrogens (primary N) is 1. The van der Waals surface area contributed by atoms with Crippen LogP contribution in [-0.4, -0.2) is 23.8 Å². The van der Waals surface area contributed by atoms with E-state index >= 15 is 0 Å². The first-order chi connectivity index (χ1) is 12.1. The Labute approximate surface area is 149 Å². The first-order valence-corrected chi connectivity index (χ1v) is 8.81. The molecule has 1 aromatic rings. The SMILES string of the molecule is CC1Nc2ccccc2N=C1/C(=C/NC1CC(/C=C/C#N)C1)C(C)N. The summed E-state index contributed by atoms with van der Waals surface area (Å²) in [6.07, 6.45) is 7.69. The first-order valence-electron chi connectivity index (χ1n) is 8.81. The van der Waals surface area contributed by atoms with Gasteiger partial charge in [0.25, 0.3) is 0 Å². The Bertz CT molecular complexity index is 748. The fraction of sp³-hybridized carbons (Fsp3) is 0.400. The van der Waals surface area contributed by atoms with Crippen LogP contribution >= 0.6 is 0 Å². The summed E-state index contributed by atoms with van der Waals surface area (Å²) in [5.41, 5.74) is 10.3. The number of rotatable bonds is 5. The van der Waals surface area contributed by atoms with Gasteiger partial charge in [-0.25, -0.2) is 4.99 Å². The number of allylic oxidation sites excluding steroid dienone is 2. The molecule has 0 radical (unpaired) electrons. The molecule has 1 saturated carbocycles. The van der Waals surface area contributed by atoms with E-state index in [0.29, 0.717) is 12.0 Å². The Kier molecular flexibility index (Phi) is 5.20. The van der Waals surface area contributed by atoms with Gasteiger partial charge < -0.3 is 16.4 Å². The number of nitriles is 1. The third kappa shape index (κ3) is 3.92. The Morgan fingerprint density at radius 1 is 1.44 bits per heavy atom. The van der Waals surface area contributed by atoms with Crippen molar-refractivity contribution in [3.05, 3.63) is 48.2 Å². The van der Waals surface area contributed by atoms with Crippen molar-refractivity contribution >= 4 is 17.1 Å². The summed E-state index contributed by atoms with van der Waals surface area (Å²) in [6.45, 7) is 4.10. The molecule has 3 rings (SSSR count). The number of nitrogens with one attached hydrogen (secondary N) is 2. The highest BCUT2D eigenvalue weighted by Crippen LogP contribution is 2.32. The van der Waals surface area contributed by atoms with Gasteiger partial charge >= 0.3 is 0 Å². The number of nitrogens with zero attached hydrogens (tertiary/aromatic N) is 2. The highest BCUT2D eigenvalue weighted by Gasteiger charge is 2.27. The number of hydrogen-bond acceptors (Lipinski definition) is 5. The van der Waals surface area contributed by atoms with Gasteiger partial charge in [-0.05, 0) is 44.7 Å². The monoisotopic (exact) mass is 335 g/mol. The molecule has 1 aromatic carbocycles. The van der Waals surface area contributed by atoms with Crippen LogP contribution in [0.1, 0.15) is 26.7 Å². The molecule has 0 saturated heterocycles. The molecule has 0 amide bonds. The summed E-state index contributed by atoms with van der Waals surface area (Å²) < 4.78 is 0. The lowest BCUT2D eigenvalue weighted by Crippen LogP contribution is -2.41. The molecule has 0 bridgehead atoms. The number of anilines is 1. The summed E-state index contributed by atoms with van der Waals surface area (Å²) in [5, 5.41) is 15.6. The van der Waals surface area contributed by atoms with Crippen LogP contribution in [-0.2, 0) is 0 Å². The van der Waals surface area contributed by atoms with Crippen molar-refractivity contribution in [1.82, 2.24) is 5.32 Å². The second-order valence-electron chi connectivity index (χ2n) is 6.85. The van der Waals surface area contributed by atoms with Gasteiger partial charge in [0.2, 0.25) is 0 Å². The number of para-hydroxylation sites is 2. The smallest absolute Gasteiger partial charge is 0.0908 e. The Hall–Kier alpha value is -2.58. The summed E-state index contributed by atoms with van der Waals surface area (Å²) in [7, 11) is 0. The molecule has 25 heavy (non-hydrogen) atoms. The van der Waals surface area contributed by atoms with Gasteiger partial charge in [0.15, 0.2) is 0 Å². The summed E-state index contributed by atoms with van der Waals surface area (Å²) in [5.74, 6) is 0.504. The van der Waals surface area contributed by atoms with Crippen molar-refractivity contribution < 1.29 is 0 Å². The summed E-state index contributed by atoms with van der Waals surface area (Å²) in [6, 6.07) is 10.6. The minimum Gasteiger partial charge on any atom is -0.388 e. The van der Waals surface area contributed by atoms with Crippen LogP contribution in [0.15, 0.2) is 53.2 Å². The third-order valence-electron chi connectivity index (χ3n) is 4.81. The molecular weight excluding hydrogens is 310 g/mol. The molecule has 2 unspecified atom stereocenters. The Balaban J connectivity index is 1.73. The zero-order valence-corrected chi connectivity index (χ0v) is 14.7. The van der Waals surface area contributed by atoms with Crippen molar-refractivity contribution in [3.8, 4) is 6.07 Å². The standard InChI is InChI=1S/C20H25N5/c1-13(22)17(12-23-16-10-15(11-16)6-5-9-21)20-14(2)24-18-7-3-4-8-19(18)25-20/h3-8,12-16,23-24H,10-11,22H2,1-2H3/b6-5+,17-12+. The lowest BCUT2D eigenvalue weighted by atomic mass is 9.80. The predicted molar refractivity (Wildman–Crippen MR) is 103 cm³/mol. The second kappa shape index (κ2) is 7.54. The summed E-state index contributed by atoms with van der Waals surface area (Å²) >= 11 is 0. The van der Waals surface area contributed by atoms with Crippen molar-refractivity contribution in [2.75, 3.05) is 5.32 Å². The van der Waals surface area contributed by atoms with Crippen LogP contribution < -0.4 is 16.4 Å². The Morgan fingerprint density at radius 2 is 2.20 bits per heavy atom. The fourth-order valence-corrected chi connectivity index (χ4v) is 3.32. The van der Waals surface area contributed by atoms with Gasteiger partial charge in [0.05, 0.1) is 29.2 Å². The van der Waals surface area contributed by atoms with E-state index < -0.39 is 0 Å². The molecule has 5 nitrogen and oxygen atoms in total. The van der Waals surface area contributed by atoms with Gasteiger partial charge in [-0.15, -0.1) is 0 Å². The Morgan fingerprint density at radius 3 is 2.92 bits per heavy atom. The van der Waals surface area contributed by atoms with Crippen LogP contribution in [0.3, 0.4) is 0 Å². The molecule has 1 heterocycles. The van der Waals surface area contributed by atoms with E-state index in [1.54, 1.807) is 6.08 Å². The van der Waals surface area contributed by atoms with E-state index in [4.69, 9.17) is 16.0 Å². The van der Waals surface area contributed by atoms with E-state index in [1.807, 2.05) is 43.5 Å². The second-order valence-corrected chi connectivity index (χ2v) is 6.85. The van der Waals surface area contributed by atoms with Crippen LogP contribution in [0.2, 0.25) is 0 Å². The van der Waals surface area contributed by atoms with Crippen LogP contribution in [0, 0.1) is 17.2 Å². The zero-order chi connectivity index (χ0) is 17.8. The normalized spacial score (nSPS) is 26.7. The van der Waals surface area contributed by atoms with E-state index in [2.05, 4.69) is 23.6 Å². The third-order valence-corrected chi connectivity index (χ3v) is 4.81. The summed E-state index contributed by atoms with van der Waals surface area (Å²) in [4.78, 5) is 4.84. The number of hydrogen-bond donors (Lipinski definition) is 3. The van der Waals surface area contributed by atoms with Crippen LogP contribution in [0.25, 0.3) is 0 Å². The highest BCUT2D eigenvalue weighted by atomic mass is 15.0. The fourth-order valence-electron chi connectivity index (χ4n) is 3.32. The van der Waals surface area contributed by atoms with Crippen molar-refractivity contribution in [1.29, 1.82) is 5.26 Å². The van der Waals surface area contributed by atoms with Gasteiger partial charge in [-0.3, -0.25) is 0 Å². The molecule has 1 fully saturated rings. The van der Waals surface area contributed by atoms with Crippen LogP contribution in [0.4, 0.5) is 11.4 Å². The minimum absolute atomic E-state index is 0.102. The molecule has 0 spiro atoms. The van der Waals surface area contributed by atoms with E-state index in [-0.39, 0.29) is 12.1 Å². The lowest BCUT2D eigenvalue weighted by molar-refractivity contribution is 0.290. The average molecular weight is 335 g/mol. The molecule has 0 aromatic heterocycles. The largest absolute Gasteiger partial charge is 0.388 e. The lowest BCUT2D eigenvalue weighted by Gasteiger charge is -2.34. The molecular formula is C20H25N5. The molecule has 2 atom stereocenters. The van der Waals surface area contributed by atoms with Crippen molar-refractivity contribution in [2.45, 2.75) is 44.8 Å². The van der Waals surface area contributed by atoms with Crippen molar-refractivity contribution in [2.24, 2.45) is 16.6 Å². The minimum atomic E-state index is -0.102. The van der Waals surface area contributed by atoms with Gasteiger partial charge in [-0.2, -0.15) is 5.26 Å². The number of benzene rings is 1. The van der Waals surface area contributed by atoms with E-state index in [0.717, 1.165) is 35.5 Å². The van der Waals surface area contributed by atoms with Crippen molar-refractivity contribution in [3.63, 3.8) is 0 Å². The average Bonchev–Trinajstić information content (AvgIpc) is 2.55. The van der Waals surface area contributed by atoms with Crippen LogP contribution in [0.5, 0.6) is 0 Å². The molecule has 5 heteroatoms. The van der Waals surface area contributed by atoms with Gasteiger partial charge in [0, 0.05) is 29.9 Å². The molecule has 130 valence electrons. The number of aliphatic imine (C=N–C) groups is 1. The highest BCUT2D eigenvalue weighted by molar-refractivity contribution is 6.09. The van der Waals surface area contributed by atoms with E-state index in [1.165, 1.54) is 0 Å². The zero-order valence-electron chi connectivity index (χ0n) is 14.7. The molecule has 4 N–H and O–H groups in total. The van der Waals surface area contributed by atoms with E-state index in [9.17, 15) is 0 Å². The maximum Gasteiger partial charge on any atom is 0.0908 e. The maximum absolute atomic E-state index is 8.58. The molecule has 2 aliphatic rings. The van der Waals surface area contributed by atoms with Gasteiger partial charge in [-0.1, -0.05) is 18.2 Å². The van der Waals surface area contributed by atoms with Gasteiger partial charge in [0.1, 0.15) is 0 Å². The first kappa shape index (κ1) is 17.2.